The number of aryl methyl sites for hydroxylation is 1. The molecule has 72 valence electrons. The van der Waals surface area contributed by atoms with E-state index >= 15 is 0 Å². The number of nitrogens with zero attached hydrogens (tertiary/aromatic N) is 4. The van der Waals surface area contributed by atoms with Gasteiger partial charge in [0.25, 0.3) is 0 Å². The van der Waals surface area contributed by atoms with Crippen molar-refractivity contribution in [2.45, 2.75) is 12.3 Å². The quantitative estimate of drug-likeness (QED) is 0.767. The van der Waals surface area contributed by atoms with E-state index in [1.54, 1.807) is 17.1 Å². The van der Waals surface area contributed by atoms with E-state index in [1.165, 1.54) is 0 Å². The highest BCUT2D eigenvalue weighted by Gasteiger charge is 2.06. The molecule has 0 bridgehead atoms. The van der Waals surface area contributed by atoms with Gasteiger partial charge in [-0.05, 0) is 19.1 Å². The summed E-state index contributed by atoms with van der Waals surface area (Å²) in [4.78, 5) is 4.21. The number of aromatic nitrogens is 4. The van der Waals surface area contributed by atoms with Gasteiger partial charge in [-0.25, -0.2) is 4.68 Å². The van der Waals surface area contributed by atoms with E-state index in [0.717, 1.165) is 22.4 Å². The number of alkyl halides is 1. The highest BCUT2D eigenvalue weighted by Crippen LogP contribution is 2.13. The van der Waals surface area contributed by atoms with Gasteiger partial charge in [0.2, 0.25) is 0 Å². The standard InChI is InChI=1S/C9H9BrN4/c1-7-9(3-2-4-11-7)14-8(5-10)6-12-13-14/h2-4,6H,5H2,1H3. The second-order valence-electron chi connectivity index (χ2n) is 2.88. The second-order valence-corrected chi connectivity index (χ2v) is 3.44. The molecule has 2 rings (SSSR count). The molecule has 0 fully saturated rings. The molecule has 0 saturated carbocycles. The average Bonchev–Trinajstić information content (AvgIpc) is 2.66. The van der Waals surface area contributed by atoms with Crippen LogP contribution in [0.2, 0.25) is 0 Å². The minimum Gasteiger partial charge on any atom is -0.259 e. The van der Waals surface area contributed by atoms with Crippen LogP contribution in [0, 0.1) is 6.92 Å². The zero-order valence-electron chi connectivity index (χ0n) is 7.68. The van der Waals surface area contributed by atoms with Gasteiger partial charge in [-0.3, -0.25) is 4.98 Å². The predicted octanol–water partition coefficient (Wildman–Crippen LogP) is 1.87. The molecule has 0 atom stereocenters. The molecule has 2 heterocycles. The van der Waals surface area contributed by atoms with Crippen molar-refractivity contribution in [3.63, 3.8) is 0 Å². The fourth-order valence-electron chi connectivity index (χ4n) is 1.25. The highest BCUT2D eigenvalue weighted by atomic mass is 79.9. The zero-order valence-corrected chi connectivity index (χ0v) is 9.27. The van der Waals surface area contributed by atoms with E-state index in [4.69, 9.17) is 0 Å². The van der Waals surface area contributed by atoms with Crippen molar-refractivity contribution >= 4 is 15.9 Å². The van der Waals surface area contributed by atoms with Crippen molar-refractivity contribution in [2.75, 3.05) is 0 Å². The van der Waals surface area contributed by atoms with Gasteiger partial charge in [0.05, 0.1) is 23.3 Å². The largest absolute Gasteiger partial charge is 0.259 e. The summed E-state index contributed by atoms with van der Waals surface area (Å²) in [7, 11) is 0. The van der Waals surface area contributed by atoms with E-state index < -0.39 is 0 Å². The number of rotatable bonds is 2. The molecule has 0 unspecified atom stereocenters. The first-order chi connectivity index (χ1) is 6.83. The minimum atomic E-state index is 0.730. The third-order valence-electron chi connectivity index (χ3n) is 1.96. The van der Waals surface area contributed by atoms with Crippen molar-refractivity contribution in [2.24, 2.45) is 0 Å². The molecular formula is C9H9BrN4. The van der Waals surface area contributed by atoms with Crippen LogP contribution in [0.15, 0.2) is 24.5 Å². The van der Waals surface area contributed by atoms with Gasteiger partial charge in [0.1, 0.15) is 0 Å². The van der Waals surface area contributed by atoms with Crippen molar-refractivity contribution in [1.29, 1.82) is 0 Å². The molecule has 0 spiro atoms. The summed E-state index contributed by atoms with van der Waals surface area (Å²) >= 11 is 3.39. The summed E-state index contributed by atoms with van der Waals surface area (Å²) in [6, 6.07) is 3.87. The van der Waals surface area contributed by atoms with Gasteiger partial charge in [0.15, 0.2) is 0 Å². The SMILES string of the molecule is Cc1ncccc1-n1nncc1CBr. The third-order valence-corrected chi connectivity index (χ3v) is 2.54. The van der Waals surface area contributed by atoms with Crippen LogP contribution in [0.1, 0.15) is 11.4 Å². The van der Waals surface area contributed by atoms with Gasteiger partial charge in [-0.15, -0.1) is 5.10 Å². The molecule has 4 nitrogen and oxygen atoms in total. The predicted molar refractivity (Wildman–Crippen MR) is 56.5 cm³/mol. The first kappa shape index (κ1) is 9.33. The maximum atomic E-state index is 4.21. The molecule has 0 radical (unpaired) electrons. The van der Waals surface area contributed by atoms with Gasteiger partial charge in [-0.2, -0.15) is 0 Å². The Hall–Kier alpha value is -1.23. The van der Waals surface area contributed by atoms with Crippen LogP contribution in [0.5, 0.6) is 0 Å². The molecule has 14 heavy (non-hydrogen) atoms. The Morgan fingerprint density at radius 1 is 1.50 bits per heavy atom. The first-order valence-electron chi connectivity index (χ1n) is 4.20. The van der Waals surface area contributed by atoms with Gasteiger partial charge < -0.3 is 0 Å². The smallest absolute Gasteiger partial charge is 0.0879 e. The second kappa shape index (κ2) is 3.88. The summed E-state index contributed by atoms with van der Waals surface area (Å²) in [5, 5.41) is 8.61. The number of hydrogen-bond acceptors (Lipinski definition) is 3. The van der Waals surface area contributed by atoms with E-state index in [2.05, 4.69) is 31.2 Å². The molecule has 2 aromatic rings. The molecule has 0 saturated heterocycles. The fourth-order valence-corrected chi connectivity index (χ4v) is 1.63. The van der Waals surface area contributed by atoms with Crippen molar-refractivity contribution in [1.82, 2.24) is 20.0 Å². The zero-order chi connectivity index (χ0) is 9.97. The van der Waals surface area contributed by atoms with Gasteiger partial charge in [-0.1, -0.05) is 21.1 Å². The monoisotopic (exact) mass is 252 g/mol. The summed E-state index contributed by atoms with van der Waals surface area (Å²) in [6.45, 7) is 1.95. The Morgan fingerprint density at radius 2 is 2.36 bits per heavy atom. The molecular weight excluding hydrogens is 244 g/mol. The maximum Gasteiger partial charge on any atom is 0.0879 e. The van der Waals surface area contributed by atoms with Gasteiger partial charge >= 0.3 is 0 Å². The highest BCUT2D eigenvalue weighted by molar-refractivity contribution is 9.08. The number of pyridine rings is 1. The topological polar surface area (TPSA) is 43.6 Å². The molecule has 0 aromatic carbocycles. The van der Waals surface area contributed by atoms with Crippen LogP contribution in [-0.4, -0.2) is 20.0 Å². The Bertz CT molecular complexity index is 438. The van der Waals surface area contributed by atoms with E-state index in [0.29, 0.717) is 0 Å². The molecule has 0 aliphatic carbocycles. The van der Waals surface area contributed by atoms with E-state index in [1.807, 2.05) is 19.1 Å². The minimum absolute atomic E-state index is 0.730. The Balaban J connectivity index is 2.54. The molecule has 0 aliphatic rings. The number of halogens is 1. The van der Waals surface area contributed by atoms with Crippen molar-refractivity contribution in [3.8, 4) is 5.69 Å². The average molecular weight is 253 g/mol. The van der Waals surface area contributed by atoms with Gasteiger partial charge in [0, 0.05) is 11.5 Å². The van der Waals surface area contributed by atoms with Crippen LogP contribution in [-0.2, 0) is 5.33 Å². The lowest BCUT2D eigenvalue weighted by atomic mass is 10.3. The lowest BCUT2D eigenvalue weighted by Crippen LogP contribution is -2.03. The van der Waals surface area contributed by atoms with Crippen LogP contribution >= 0.6 is 15.9 Å². The van der Waals surface area contributed by atoms with Crippen LogP contribution < -0.4 is 0 Å². The van der Waals surface area contributed by atoms with Crippen LogP contribution in [0.25, 0.3) is 5.69 Å². The summed E-state index contributed by atoms with van der Waals surface area (Å²) in [5.41, 5.74) is 2.93. The molecule has 0 amide bonds. The Morgan fingerprint density at radius 3 is 3.07 bits per heavy atom. The van der Waals surface area contributed by atoms with Crippen LogP contribution in [0.3, 0.4) is 0 Å². The molecule has 0 aliphatic heterocycles. The summed E-state index contributed by atoms with van der Waals surface area (Å²) in [5.74, 6) is 0. The Labute approximate surface area is 90.1 Å². The third kappa shape index (κ3) is 1.55. The van der Waals surface area contributed by atoms with E-state index in [9.17, 15) is 0 Å². The molecule has 0 N–H and O–H groups in total. The van der Waals surface area contributed by atoms with E-state index in [-0.39, 0.29) is 0 Å². The lowest BCUT2D eigenvalue weighted by molar-refractivity contribution is 0.773. The first-order valence-corrected chi connectivity index (χ1v) is 5.32. The lowest BCUT2D eigenvalue weighted by Gasteiger charge is -2.05. The van der Waals surface area contributed by atoms with Crippen molar-refractivity contribution in [3.05, 3.63) is 35.9 Å². The summed E-state index contributed by atoms with van der Waals surface area (Å²) in [6.07, 6.45) is 3.50. The van der Waals surface area contributed by atoms with Crippen LogP contribution in [0.4, 0.5) is 0 Å². The molecule has 5 heteroatoms. The normalized spacial score (nSPS) is 10.4. The molecule has 2 aromatic heterocycles. The fraction of sp³-hybridized carbons (Fsp3) is 0.222. The van der Waals surface area contributed by atoms with Crippen molar-refractivity contribution < 1.29 is 0 Å². The summed E-state index contributed by atoms with van der Waals surface area (Å²) < 4.78 is 1.79. The maximum absolute atomic E-state index is 4.21. The Kier molecular flexibility index (Phi) is 2.58. The number of hydrogen-bond donors (Lipinski definition) is 0.